The molecule has 1 heterocycles. The van der Waals surface area contributed by atoms with Crippen LogP contribution in [0.5, 0.6) is 0 Å². The molecule has 0 radical (unpaired) electrons. The van der Waals surface area contributed by atoms with Crippen LogP contribution in [-0.2, 0) is 4.79 Å². The topological polar surface area (TPSA) is 58.2 Å². The molecule has 0 saturated carbocycles. The van der Waals surface area contributed by atoms with Crippen molar-refractivity contribution in [2.45, 2.75) is 25.3 Å². The molecule has 3 amide bonds. The summed E-state index contributed by atoms with van der Waals surface area (Å²) in [4.78, 5) is 21.6. The van der Waals surface area contributed by atoms with Crippen molar-refractivity contribution in [1.29, 1.82) is 0 Å². The van der Waals surface area contributed by atoms with Crippen molar-refractivity contribution < 1.29 is 9.59 Å². The van der Waals surface area contributed by atoms with E-state index in [1.807, 2.05) is 0 Å². The lowest BCUT2D eigenvalue weighted by atomic mass is 10.1. The van der Waals surface area contributed by atoms with Crippen LogP contribution in [-0.4, -0.2) is 23.9 Å². The molecule has 1 aliphatic heterocycles. The highest BCUT2D eigenvalue weighted by molar-refractivity contribution is 6.17. The maximum atomic E-state index is 11.0. The van der Waals surface area contributed by atoms with Crippen molar-refractivity contribution in [3.63, 3.8) is 0 Å². The van der Waals surface area contributed by atoms with Crippen molar-refractivity contribution in [1.82, 2.24) is 10.6 Å². The van der Waals surface area contributed by atoms with Gasteiger partial charge in [0.2, 0.25) is 0 Å². The molecule has 5 heteroatoms. The van der Waals surface area contributed by atoms with Crippen LogP contribution in [0.1, 0.15) is 19.3 Å². The van der Waals surface area contributed by atoms with Crippen LogP contribution in [0.4, 0.5) is 4.79 Å². The molecule has 0 unspecified atom stereocenters. The number of halogens is 1. The predicted molar refractivity (Wildman–Crippen MR) is 45.0 cm³/mol. The highest BCUT2D eigenvalue weighted by Gasteiger charge is 2.28. The van der Waals surface area contributed by atoms with E-state index in [2.05, 4.69) is 10.6 Å². The normalized spacial score (nSPS) is 22.2. The van der Waals surface area contributed by atoms with Crippen molar-refractivity contribution in [2.24, 2.45) is 0 Å². The molecule has 68 valence electrons. The number of hydrogen-bond donors (Lipinski definition) is 2. The van der Waals surface area contributed by atoms with Gasteiger partial charge in [0.25, 0.3) is 5.91 Å². The van der Waals surface area contributed by atoms with E-state index in [1.165, 1.54) is 0 Å². The Bertz CT molecular complexity index is 196. The van der Waals surface area contributed by atoms with E-state index in [4.69, 9.17) is 11.6 Å². The molecule has 0 spiro atoms. The third kappa shape index (κ3) is 2.37. The Morgan fingerprint density at radius 1 is 1.33 bits per heavy atom. The summed E-state index contributed by atoms with van der Waals surface area (Å²) in [6, 6.07) is -0.739. The molecular formula is C7H11ClN2O2. The van der Waals surface area contributed by atoms with Crippen LogP contribution in [0, 0.1) is 0 Å². The van der Waals surface area contributed by atoms with Crippen molar-refractivity contribution >= 4 is 23.5 Å². The molecule has 1 atom stereocenters. The van der Waals surface area contributed by atoms with E-state index in [1.54, 1.807) is 0 Å². The first kappa shape index (κ1) is 9.32. The van der Waals surface area contributed by atoms with Gasteiger partial charge in [-0.05, 0) is 19.3 Å². The third-order valence-electron chi connectivity index (χ3n) is 1.73. The summed E-state index contributed by atoms with van der Waals surface area (Å²) in [6.45, 7) is 0. The van der Waals surface area contributed by atoms with Gasteiger partial charge in [0.15, 0.2) is 0 Å². The summed E-state index contributed by atoms with van der Waals surface area (Å²) in [5.74, 6) is 0.372. The molecule has 4 nitrogen and oxygen atoms in total. The minimum absolute atomic E-state index is 0.227. The molecule has 1 aliphatic rings. The highest BCUT2D eigenvalue weighted by Crippen LogP contribution is 2.05. The number of alkyl halides is 1. The fraction of sp³-hybridized carbons (Fsp3) is 0.714. The largest absolute Gasteiger partial charge is 0.326 e. The van der Waals surface area contributed by atoms with Crippen LogP contribution in [0.3, 0.4) is 0 Å². The van der Waals surface area contributed by atoms with E-state index in [9.17, 15) is 9.59 Å². The summed E-state index contributed by atoms with van der Waals surface area (Å²) in [5.41, 5.74) is 0. The second-order valence-electron chi connectivity index (χ2n) is 2.70. The summed E-state index contributed by atoms with van der Waals surface area (Å²) in [7, 11) is 0. The van der Waals surface area contributed by atoms with Crippen LogP contribution >= 0.6 is 11.6 Å². The second kappa shape index (κ2) is 4.30. The number of imide groups is 1. The Morgan fingerprint density at radius 3 is 2.58 bits per heavy atom. The van der Waals surface area contributed by atoms with Gasteiger partial charge in [-0.3, -0.25) is 10.1 Å². The monoisotopic (exact) mass is 190 g/mol. The Hall–Kier alpha value is -0.770. The van der Waals surface area contributed by atoms with Crippen molar-refractivity contribution in [2.75, 3.05) is 5.88 Å². The van der Waals surface area contributed by atoms with E-state index >= 15 is 0 Å². The zero-order valence-corrected chi connectivity index (χ0v) is 7.36. The van der Waals surface area contributed by atoms with E-state index in [0.29, 0.717) is 12.3 Å². The molecule has 2 N–H and O–H groups in total. The second-order valence-corrected chi connectivity index (χ2v) is 3.08. The molecule has 1 rings (SSSR count). The van der Waals surface area contributed by atoms with Gasteiger partial charge in [0.05, 0.1) is 0 Å². The molecule has 1 fully saturated rings. The number of carbonyl (C=O) groups is 2. The number of nitrogens with one attached hydrogen (secondary N) is 2. The maximum absolute atomic E-state index is 11.0. The standard InChI is InChI=1S/C7H11ClN2O2/c8-4-2-1-3-5-6(11)10-7(12)9-5/h5H,1-4H2,(H2,9,10,11,12)/t5-/m1/s1. The van der Waals surface area contributed by atoms with Crippen LogP contribution < -0.4 is 10.6 Å². The van der Waals surface area contributed by atoms with Gasteiger partial charge in [0, 0.05) is 5.88 Å². The molecule has 0 aliphatic carbocycles. The van der Waals surface area contributed by atoms with Crippen LogP contribution in [0.15, 0.2) is 0 Å². The van der Waals surface area contributed by atoms with Gasteiger partial charge < -0.3 is 5.32 Å². The lowest BCUT2D eigenvalue weighted by Crippen LogP contribution is -2.28. The number of hydrogen-bond acceptors (Lipinski definition) is 2. The Labute approximate surface area is 75.6 Å². The zero-order valence-electron chi connectivity index (χ0n) is 6.60. The first-order valence-electron chi connectivity index (χ1n) is 3.91. The van der Waals surface area contributed by atoms with Gasteiger partial charge in [-0.25, -0.2) is 4.79 Å². The molecule has 0 aromatic carbocycles. The maximum Gasteiger partial charge on any atom is 0.322 e. The summed E-state index contributed by atoms with van der Waals surface area (Å²) in [5, 5.41) is 4.69. The minimum atomic E-state index is -0.393. The Morgan fingerprint density at radius 2 is 2.08 bits per heavy atom. The first-order valence-corrected chi connectivity index (χ1v) is 4.45. The lowest BCUT2D eigenvalue weighted by Gasteiger charge is -2.04. The smallest absolute Gasteiger partial charge is 0.322 e. The number of urea groups is 1. The Balaban J connectivity index is 2.24. The van der Waals surface area contributed by atoms with Gasteiger partial charge >= 0.3 is 6.03 Å². The SMILES string of the molecule is O=C1NC(=O)[C@@H](CCCCCl)N1. The molecular weight excluding hydrogens is 180 g/mol. The molecule has 1 saturated heterocycles. The minimum Gasteiger partial charge on any atom is -0.326 e. The van der Waals surface area contributed by atoms with Gasteiger partial charge in [0.1, 0.15) is 6.04 Å². The Kier molecular flexibility index (Phi) is 3.34. The fourth-order valence-electron chi connectivity index (χ4n) is 1.11. The van der Waals surface area contributed by atoms with E-state index in [0.717, 1.165) is 12.8 Å². The molecule has 12 heavy (non-hydrogen) atoms. The van der Waals surface area contributed by atoms with Gasteiger partial charge in [-0.15, -0.1) is 11.6 Å². The van der Waals surface area contributed by atoms with Gasteiger partial charge in [-0.1, -0.05) is 0 Å². The molecule has 0 aromatic rings. The van der Waals surface area contributed by atoms with Crippen LogP contribution in [0.25, 0.3) is 0 Å². The average molecular weight is 191 g/mol. The number of amides is 3. The average Bonchev–Trinajstić information content (AvgIpc) is 2.31. The van der Waals surface area contributed by atoms with Crippen molar-refractivity contribution in [3.05, 3.63) is 0 Å². The predicted octanol–water partition coefficient (Wildman–Crippen LogP) is 0.603. The lowest BCUT2D eigenvalue weighted by molar-refractivity contribution is -0.120. The molecule has 0 aromatic heterocycles. The van der Waals surface area contributed by atoms with Gasteiger partial charge in [-0.2, -0.15) is 0 Å². The molecule has 0 bridgehead atoms. The first-order chi connectivity index (χ1) is 5.74. The zero-order chi connectivity index (χ0) is 8.97. The van der Waals surface area contributed by atoms with E-state index in [-0.39, 0.29) is 11.9 Å². The summed E-state index contributed by atoms with van der Waals surface area (Å²) >= 11 is 5.46. The van der Waals surface area contributed by atoms with Crippen LogP contribution in [0.2, 0.25) is 0 Å². The fourth-order valence-corrected chi connectivity index (χ4v) is 1.29. The van der Waals surface area contributed by atoms with E-state index < -0.39 is 6.03 Å². The summed E-state index contributed by atoms with van der Waals surface area (Å²) in [6.07, 6.45) is 2.41. The highest BCUT2D eigenvalue weighted by atomic mass is 35.5. The quantitative estimate of drug-likeness (QED) is 0.388. The third-order valence-corrected chi connectivity index (χ3v) is 2.00. The number of carbonyl (C=O) groups excluding carboxylic acids is 2. The number of rotatable bonds is 4. The summed E-state index contributed by atoms with van der Waals surface area (Å²) < 4.78 is 0. The van der Waals surface area contributed by atoms with Crippen molar-refractivity contribution in [3.8, 4) is 0 Å². The number of unbranched alkanes of at least 4 members (excludes halogenated alkanes) is 1.